The van der Waals surface area contributed by atoms with E-state index in [1.807, 2.05) is 38.3 Å². The maximum Gasteiger partial charge on any atom is 0.293 e. The lowest BCUT2D eigenvalue weighted by molar-refractivity contribution is -0.122. The van der Waals surface area contributed by atoms with Gasteiger partial charge in [0.1, 0.15) is 5.82 Å². The molecule has 0 bridgehead atoms. The van der Waals surface area contributed by atoms with Crippen molar-refractivity contribution < 1.29 is 14.0 Å². The van der Waals surface area contributed by atoms with Crippen LogP contribution in [0.3, 0.4) is 0 Å². The number of carbonyl (C=O) groups is 2. The molecule has 1 aromatic carbocycles. The summed E-state index contributed by atoms with van der Waals surface area (Å²) >= 11 is 1.45. The molecule has 0 atom stereocenters. The third-order valence-corrected chi connectivity index (χ3v) is 4.72. The number of carbonyl (C=O) groups excluding carboxylic acids is 2. The van der Waals surface area contributed by atoms with Gasteiger partial charge < -0.3 is 10.2 Å². The number of nitrogens with zero attached hydrogens (tertiary/aromatic N) is 4. The molecular weight excluding hydrogens is 393 g/mol. The number of aromatic nitrogens is 3. The summed E-state index contributed by atoms with van der Waals surface area (Å²) in [5.74, 6) is -0.684. The van der Waals surface area contributed by atoms with Crippen molar-refractivity contribution in [3.05, 3.63) is 53.4 Å². The Labute approximate surface area is 172 Å². The van der Waals surface area contributed by atoms with Gasteiger partial charge in [0.2, 0.25) is 11.7 Å². The molecule has 0 fully saturated rings. The Morgan fingerprint density at radius 3 is 2.48 bits per heavy atom. The number of thiophene rings is 1. The Bertz CT molecular complexity index is 1010. The van der Waals surface area contributed by atoms with E-state index >= 15 is 0 Å². The first-order valence-electron chi connectivity index (χ1n) is 8.97. The van der Waals surface area contributed by atoms with E-state index in [1.165, 1.54) is 40.1 Å². The second kappa shape index (κ2) is 8.12. The molecule has 7 nitrogen and oxygen atoms in total. The fourth-order valence-electron chi connectivity index (χ4n) is 2.65. The van der Waals surface area contributed by atoms with Crippen molar-refractivity contribution in [3.8, 4) is 16.4 Å². The number of hydrogen-bond acceptors (Lipinski definition) is 5. The van der Waals surface area contributed by atoms with Gasteiger partial charge in [-0.25, -0.2) is 14.1 Å². The second-order valence-electron chi connectivity index (χ2n) is 7.58. The van der Waals surface area contributed by atoms with Gasteiger partial charge in [0, 0.05) is 12.6 Å². The van der Waals surface area contributed by atoms with Crippen LogP contribution < -0.4 is 5.32 Å². The molecule has 2 heterocycles. The van der Waals surface area contributed by atoms with E-state index in [2.05, 4.69) is 15.4 Å². The molecule has 0 radical (unpaired) electrons. The fraction of sp³-hybridized carbons (Fsp3) is 0.300. The van der Waals surface area contributed by atoms with Gasteiger partial charge in [0.25, 0.3) is 5.91 Å². The summed E-state index contributed by atoms with van der Waals surface area (Å²) in [5.41, 5.74) is 0.185. The molecule has 1 N–H and O–H groups in total. The maximum atomic E-state index is 13.3. The molecule has 0 aliphatic heterocycles. The first-order valence-corrected chi connectivity index (χ1v) is 9.85. The lowest BCUT2D eigenvalue weighted by Gasteiger charge is -2.22. The maximum absolute atomic E-state index is 13.3. The van der Waals surface area contributed by atoms with Crippen molar-refractivity contribution in [2.45, 2.75) is 26.3 Å². The summed E-state index contributed by atoms with van der Waals surface area (Å²) in [7, 11) is 1.52. The van der Waals surface area contributed by atoms with Gasteiger partial charge in [-0.1, -0.05) is 6.07 Å². The van der Waals surface area contributed by atoms with Crippen LogP contribution in [0.5, 0.6) is 0 Å². The highest BCUT2D eigenvalue weighted by atomic mass is 32.1. The van der Waals surface area contributed by atoms with Crippen molar-refractivity contribution in [2.24, 2.45) is 0 Å². The fourth-order valence-corrected chi connectivity index (χ4v) is 3.34. The molecular formula is C20H22FN5O2S. The molecule has 29 heavy (non-hydrogen) atoms. The van der Waals surface area contributed by atoms with Crippen LogP contribution in [0.4, 0.5) is 4.39 Å². The number of rotatable bonds is 5. The van der Waals surface area contributed by atoms with Crippen LogP contribution >= 0.6 is 11.3 Å². The van der Waals surface area contributed by atoms with Crippen LogP contribution in [0.25, 0.3) is 16.4 Å². The summed E-state index contributed by atoms with van der Waals surface area (Å²) in [5, 5.41) is 9.04. The number of nitrogens with one attached hydrogen (secondary N) is 1. The van der Waals surface area contributed by atoms with E-state index in [9.17, 15) is 14.0 Å². The van der Waals surface area contributed by atoms with Crippen molar-refractivity contribution in [1.29, 1.82) is 0 Å². The third kappa shape index (κ3) is 5.05. The van der Waals surface area contributed by atoms with Gasteiger partial charge in [0.05, 0.1) is 17.1 Å². The smallest absolute Gasteiger partial charge is 0.293 e. The Morgan fingerprint density at radius 2 is 1.90 bits per heavy atom. The van der Waals surface area contributed by atoms with Crippen molar-refractivity contribution in [2.75, 3.05) is 13.6 Å². The normalized spacial score (nSPS) is 11.3. The lowest BCUT2D eigenvalue weighted by atomic mass is 10.1. The second-order valence-corrected chi connectivity index (χ2v) is 8.53. The predicted molar refractivity (Wildman–Crippen MR) is 109 cm³/mol. The van der Waals surface area contributed by atoms with E-state index in [4.69, 9.17) is 0 Å². The van der Waals surface area contributed by atoms with Crippen LogP contribution in [0.15, 0.2) is 41.8 Å². The largest absolute Gasteiger partial charge is 0.350 e. The number of halogens is 1. The molecule has 3 rings (SSSR count). The molecule has 0 spiro atoms. The first-order chi connectivity index (χ1) is 13.6. The minimum absolute atomic E-state index is 0.0382. The zero-order chi connectivity index (χ0) is 21.2. The highest BCUT2D eigenvalue weighted by Crippen LogP contribution is 2.26. The Morgan fingerprint density at radius 1 is 1.21 bits per heavy atom. The van der Waals surface area contributed by atoms with Gasteiger partial charge in [-0.15, -0.1) is 16.4 Å². The molecule has 9 heteroatoms. The highest BCUT2D eigenvalue weighted by molar-refractivity contribution is 7.13. The Balaban J connectivity index is 1.90. The molecule has 0 aliphatic rings. The number of amides is 2. The van der Waals surface area contributed by atoms with Crippen LogP contribution in [0.2, 0.25) is 0 Å². The van der Waals surface area contributed by atoms with E-state index in [0.29, 0.717) is 11.5 Å². The summed E-state index contributed by atoms with van der Waals surface area (Å²) in [6, 6.07) is 9.50. The topological polar surface area (TPSA) is 80.1 Å². The van der Waals surface area contributed by atoms with Gasteiger partial charge in [-0.3, -0.25) is 9.59 Å². The first kappa shape index (κ1) is 20.7. The zero-order valence-corrected chi connectivity index (χ0v) is 17.5. The van der Waals surface area contributed by atoms with Gasteiger partial charge in [-0.05, 0) is 56.5 Å². The summed E-state index contributed by atoms with van der Waals surface area (Å²) in [6.07, 6.45) is 0. The van der Waals surface area contributed by atoms with Crippen molar-refractivity contribution in [3.63, 3.8) is 0 Å². The predicted octanol–water partition coefficient (Wildman–Crippen LogP) is 3.12. The molecule has 2 amide bonds. The summed E-state index contributed by atoms with van der Waals surface area (Å²) < 4.78 is 14.8. The standard InChI is InChI=1S/C20H22FN5O2S/c1-20(2,3)23-16(27)12-25(4)19(28)17-22-18(15-6-5-11-29-15)26(24-17)14-9-7-13(21)8-10-14/h5-11H,12H2,1-4H3,(H,23,27). The van der Waals surface area contributed by atoms with Crippen LogP contribution in [0, 0.1) is 5.82 Å². The van der Waals surface area contributed by atoms with E-state index in [-0.39, 0.29) is 24.1 Å². The quantitative estimate of drug-likeness (QED) is 0.694. The minimum atomic E-state index is -0.479. The van der Waals surface area contributed by atoms with Gasteiger partial charge in [0.15, 0.2) is 5.82 Å². The molecule has 3 aromatic rings. The molecule has 0 aliphatic carbocycles. The van der Waals surface area contributed by atoms with Crippen LogP contribution in [-0.2, 0) is 4.79 Å². The zero-order valence-electron chi connectivity index (χ0n) is 16.6. The van der Waals surface area contributed by atoms with E-state index < -0.39 is 11.4 Å². The molecule has 0 saturated heterocycles. The molecule has 152 valence electrons. The Kier molecular flexibility index (Phi) is 5.78. The van der Waals surface area contributed by atoms with Crippen LogP contribution in [0.1, 0.15) is 31.4 Å². The SMILES string of the molecule is CN(CC(=O)NC(C)(C)C)C(=O)c1nc(-c2cccs2)n(-c2ccc(F)cc2)n1. The summed E-state index contributed by atoms with van der Waals surface area (Å²) in [4.78, 5) is 31.4. The number of likely N-dealkylation sites (N-methyl/N-ethyl adjacent to an activating group) is 1. The van der Waals surface area contributed by atoms with Crippen molar-refractivity contribution >= 4 is 23.2 Å². The number of hydrogen-bond donors (Lipinski definition) is 1. The summed E-state index contributed by atoms with van der Waals surface area (Å²) in [6.45, 7) is 5.49. The molecule has 2 aromatic heterocycles. The monoisotopic (exact) mass is 415 g/mol. The van der Waals surface area contributed by atoms with Crippen molar-refractivity contribution in [1.82, 2.24) is 25.0 Å². The van der Waals surface area contributed by atoms with Gasteiger partial charge >= 0.3 is 0 Å². The lowest BCUT2D eigenvalue weighted by Crippen LogP contribution is -2.46. The molecule has 0 saturated carbocycles. The van der Waals surface area contributed by atoms with Crippen LogP contribution in [-0.4, -0.2) is 50.6 Å². The van der Waals surface area contributed by atoms with E-state index in [0.717, 1.165) is 4.88 Å². The number of benzene rings is 1. The third-order valence-electron chi connectivity index (χ3n) is 3.85. The van der Waals surface area contributed by atoms with E-state index in [1.54, 1.807) is 12.1 Å². The van der Waals surface area contributed by atoms with Gasteiger partial charge in [-0.2, -0.15) is 0 Å². The highest BCUT2D eigenvalue weighted by Gasteiger charge is 2.24. The molecule has 0 unspecified atom stereocenters. The average Bonchev–Trinajstić information content (AvgIpc) is 3.29. The Hall–Kier alpha value is -3.07. The average molecular weight is 415 g/mol. The minimum Gasteiger partial charge on any atom is -0.350 e.